The molecule has 1 aromatic rings. The molecular formula is C14H16BrNO2. The number of rotatable bonds is 4. The molecule has 2 rings (SSSR count). The van der Waals surface area contributed by atoms with E-state index in [1.165, 1.54) is 11.6 Å². The summed E-state index contributed by atoms with van der Waals surface area (Å²) in [6.07, 6.45) is 2.91. The fourth-order valence-corrected chi connectivity index (χ4v) is 2.69. The van der Waals surface area contributed by atoms with Crippen molar-refractivity contribution in [1.82, 2.24) is 5.32 Å². The normalized spacial score (nSPS) is 22.7. The molecule has 0 spiro atoms. The minimum atomic E-state index is -0.300. The Bertz CT molecular complexity index is 453. The largest absolute Gasteiger partial charge is 0.379 e. The van der Waals surface area contributed by atoms with E-state index in [1.807, 2.05) is 12.1 Å². The Hall–Kier alpha value is -1.13. The number of hydrogen-bond acceptors (Lipinski definition) is 2. The molecule has 1 saturated heterocycles. The number of carbonyl (C=O) groups is 1. The fraction of sp³-hybridized carbons (Fsp3) is 0.357. The van der Waals surface area contributed by atoms with Gasteiger partial charge in [0.15, 0.2) is 0 Å². The summed E-state index contributed by atoms with van der Waals surface area (Å²) in [6, 6.07) is 8.12. The molecule has 4 heteroatoms. The summed E-state index contributed by atoms with van der Waals surface area (Å²) in [4.78, 5) is 11.5. The lowest BCUT2D eigenvalue weighted by molar-refractivity contribution is -0.118. The molecule has 1 aliphatic heterocycles. The lowest BCUT2D eigenvalue weighted by atomic mass is 9.90. The maximum Gasteiger partial charge on any atom is 0.243 e. The average molecular weight is 310 g/mol. The summed E-state index contributed by atoms with van der Waals surface area (Å²) >= 11 is 3.46. The molecule has 0 radical (unpaired) electrons. The van der Waals surface area contributed by atoms with E-state index in [1.54, 1.807) is 0 Å². The van der Waals surface area contributed by atoms with Gasteiger partial charge in [0, 0.05) is 11.1 Å². The van der Waals surface area contributed by atoms with Gasteiger partial charge in [-0.15, -0.1) is 0 Å². The average Bonchev–Trinajstić information content (AvgIpc) is 2.77. The van der Waals surface area contributed by atoms with Crippen LogP contribution in [-0.2, 0) is 16.0 Å². The van der Waals surface area contributed by atoms with Gasteiger partial charge in [0.1, 0.15) is 0 Å². The van der Waals surface area contributed by atoms with E-state index in [0.29, 0.717) is 13.2 Å². The number of amides is 1. The third-order valence-electron chi connectivity index (χ3n) is 3.11. The van der Waals surface area contributed by atoms with Crippen LogP contribution in [-0.4, -0.2) is 24.7 Å². The molecule has 18 heavy (non-hydrogen) atoms. The first-order valence-corrected chi connectivity index (χ1v) is 6.70. The van der Waals surface area contributed by atoms with E-state index in [0.717, 1.165) is 17.3 Å². The van der Waals surface area contributed by atoms with Crippen molar-refractivity contribution in [3.8, 4) is 0 Å². The molecule has 1 N–H and O–H groups in total. The van der Waals surface area contributed by atoms with Crippen LogP contribution in [0.3, 0.4) is 0 Å². The van der Waals surface area contributed by atoms with Crippen LogP contribution < -0.4 is 5.32 Å². The van der Waals surface area contributed by atoms with Crippen LogP contribution in [0.4, 0.5) is 0 Å². The highest BCUT2D eigenvalue weighted by molar-refractivity contribution is 9.10. The van der Waals surface area contributed by atoms with Crippen molar-refractivity contribution in [2.75, 3.05) is 13.2 Å². The zero-order chi connectivity index (χ0) is 13.0. The molecule has 1 unspecified atom stereocenters. The third kappa shape index (κ3) is 3.21. The molecule has 0 saturated carbocycles. The number of hydrogen-bond donors (Lipinski definition) is 1. The van der Waals surface area contributed by atoms with Gasteiger partial charge in [-0.2, -0.15) is 0 Å². The van der Waals surface area contributed by atoms with Gasteiger partial charge >= 0.3 is 0 Å². The highest BCUT2D eigenvalue weighted by atomic mass is 79.9. The number of ether oxygens (including phenoxy) is 1. The highest BCUT2D eigenvalue weighted by Crippen LogP contribution is 2.25. The van der Waals surface area contributed by atoms with Crippen LogP contribution in [0.15, 0.2) is 41.4 Å². The molecule has 1 aliphatic rings. The zero-order valence-corrected chi connectivity index (χ0v) is 11.7. The van der Waals surface area contributed by atoms with Crippen molar-refractivity contribution in [3.05, 3.63) is 47.0 Å². The van der Waals surface area contributed by atoms with Crippen LogP contribution >= 0.6 is 15.9 Å². The van der Waals surface area contributed by atoms with Gasteiger partial charge in [-0.05, 0) is 36.6 Å². The van der Waals surface area contributed by atoms with Crippen molar-refractivity contribution in [1.29, 1.82) is 0 Å². The summed E-state index contributed by atoms with van der Waals surface area (Å²) in [5.41, 5.74) is 0.880. The molecule has 0 aromatic heterocycles. The first-order valence-electron chi connectivity index (χ1n) is 5.90. The van der Waals surface area contributed by atoms with E-state index >= 15 is 0 Å². The van der Waals surface area contributed by atoms with Crippen molar-refractivity contribution in [2.24, 2.45) is 0 Å². The predicted molar refractivity (Wildman–Crippen MR) is 74.4 cm³/mol. The minimum Gasteiger partial charge on any atom is -0.379 e. The Morgan fingerprint density at radius 3 is 3.06 bits per heavy atom. The van der Waals surface area contributed by atoms with Gasteiger partial charge in [-0.25, -0.2) is 0 Å². The molecule has 3 nitrogen and oxygen atoms in total. The standard InChI is InChI=1S/C14H16BrNO2/c1-2-13(17)16-14(6-7-18-10-14)9-11-4-3-5-12(15)8-11/h2-5,8H,1,6-7,9-10H2,(H,16,17). The van der Waals surface area contributed by atoms with Crippen LogP contribution in [0.25, 0.3) is 0 Å². The van der Waals surface area contributed by atoms with E-state index in [4.69, 9.17) is 4.74 Å². The second kappa shape index (κ2) is 5.67. The molecule has 1 amide bonds. The van der Waals surface area contributed by atoms with Gasteiger partial charge in [-0.1, -0.05) is 34.6 Å². The van der Waals surface area contributed by atoms with Crippen molar-refractivity contribution in [3.63, 3.8) is 0 Å². The van der Waals surface area contributed by atoms with Crippen LogP contribution in [0.1, 0.15) is 12.0 Å². The maximum absolute atomic E-state index is 11.5. The Labute approximate surface area is 115 Å². The minimum absolute atomic E-state index is 0.143. The molecule has 1 atom stereocenters. The number of halogens is 1. The van der Waals surface area contributed by atoms with Crippen molar-refractivity contribution >= 4 is 21.8 Å². The van der Waals surface area contributed by atoms with Crippen LogP contribution in [0.5, 0.6) is 0 Å². The number of carbonyl (C=O) groups excluding carboxylic acids is 1. The molecule has 1 fully saturated rings. The SMILES string of the molecule is C=CC(=O)NC1(Cc2cccc(Br)c2)CCOC1. The maximum atomic E-state index is 11.5. The third-order valence-corrected chi connectivity index (χ3v) is 3.60. The van der Waals surface area contributed by atoms with E-state index in [2.05, 4.69) is 40.0 Å². The lowest BCUT2D eigenvalue weighted by Crippen LogP contribution is -2.50. The molecular weight excluding hydrogens is 294 g/mol. The monoisotopic (exact) mass is 309 g/mol. The second-order valence-corrected chi connectivity index (χ2v) is 5.50. The number of nitrogens with one attached hydrogen (secondary N) is 1. The first kappa shape index (κ1) is 13.3. The predicted octanol–water partition coefficient (Wildman–Crippen LogP) is 2.45. The highest BCUT2D eigenvalue weighted by Gasteiger charge is 2.36. The Balaban J connectivity index is 2.15. The first-order chi connectivity index (χ1) is 8.63. The molecule has 0 bridgehead atoms. The summed E-state index contributed by atoms with van der Waals surface area (Å²) < 4.78 is 6.49. The molecule has 96 valence electrons. The smallest absolute Gasteiger partial charge is 0.243 e. The zero-order valence-electron chi connectivity index (χ0n) is 10.1. The molecule has 1 heterocycles. The van der Waals surface area contributed by atoms with Crippen molar-refractivity contribution in [2.45, 2.75) is 18.4 Å². The van der Waals surface area contributed by atoms with Gasteiger partial charge in [0.2, 0.25) is 5.91 Å². The Morgan fingerprint density at radius 2 is 2.44 bits per heavy atom. The summed E-state index contributed by atoms with van der Waals surface area (Å²) in [7, 11) is 0. The number of benzene rings is 1. The van der Waals surface area contributed by atoms with Gasteiger partial charge in [0.05, 0.1) is 12.1 Å². The summed E-state index contributed by atoms with van der Waals surface area (Å²) in [6.45, 7) is 4.74. The van der Waals surface area contributed by atoms with Crippen LogP contribution in [0.2, 0.25) is 0 Å². The summed E-state index contributed by atoms with van der Waals surface area (Å²) in [5, 5.41) is 3.01. The van der Waals surface area contributed by atoms with E-state index < -0.39 is 0 Å². The quantitative estimate of drug-likeness (QED) is 0.868. The molecule has 1 aromatic carbocycles. The Morgan fingerprint density at radius 1 is 1.61 bits per heavy atom. The van der Waals surface area contributed by atoms with Crippen molar-refractivity contribution < 1.29 is 9.53 Å². The van der Waals surface area contributed by atoms with Gasteiger partial charge in [-0.3, -0.25) is 4.79 Å². The lowest BCUT2D eigenvalue weighted by Gasteiger charge is -2.28. The second-order valence-electron chi connectivity index (χ2n) is 4.58. The van der Waals surface area contributed by atoms with Crippen LogP contribution in [0, 0.1) is 0 Å². The van der Waals surface area contributed by atoms with Gasteiger partial charge < -0.3 is 10.1 Å². The topological polar surface area (TPSA) is 38.3 Å². The van der Waals surface area contributed by atoms with E-state index in [-0.39, 0.29) is 11.4 Å². The van der Waals surface area contributed by atoms with Gasteiger partial charge in [0.25, 0.3) is 0 Å². The van der Waals surface area contributed by atoms with E-state index in [9.17, 15) is 4.79 Å². The fourth-order valence-electron chi connectivity index (χ4n) is 2.24. The molecule has 0 aliphatic carbocycles. The summed E-state index contributed by atoms with van der Waals surface area (Å²) in [5.74, 6) is -0.143. The Kier molecular flexibility index (Phi) is 4.19.